The van der Waals surface area contributed by atoms with Gasteiger partial charge in [0.15, 0.2) is 5.82 Å². The summed E-state index contributed by atoms with van der Waals surface area (Å²) in [6.07, 6.45) is 7.65. The van der Waals surface area contributed by atoms with E-state index < -0.39 is 0 Å². The minimum absolute atomic E-state index is 0.0399. The average molecular weight is 377 g/mol. The molecule has 4 rings (SSSR count). The van der Waals surface area contributed by atoms with Gasteiger partial charge in [0, 0.05) is 42.1 Å². The minimum atomic E-state index is -0.209. The third-order valence-corrected chi connectivity index (χ3v) is 5.11. The highest BCUT2D eigenvalue weighted by atomic mass is 16.3. The molecular formula is C21H23N5O2. The van der Waals surface area contributed by atoms with Crippen molar-refractivity contribution in [1.29, 1.82) is 0 Å². The summed E-state index contributed by atoms with van der Waals surface area (Å²) in [5, 5.41) is 28.4. The molecule has 0 saturated carbocycles. The number of aliphatic hydroxyl groups excluding tert-OH is 1. The summed E-state index contributed by atoms with van der Waals surface area (Å²) in [7, 11) is 0. The largest absolute Gasteiger partial charge is 0.505 e. The molecule has 0 unspecified atom stereocenters. The third-order valence-electron chi connectivity index (χ3n) is 5.11. The number of hydrogen-bond donors (Lipinski definition) is 2. The van der Waals surface area contributed by atoms with Crippen molar-refractivity contribution in [3.63, 3.8) is 0 Å². The lowest BCUT2D eigenvalue weighted by Gasteiger charge is -2.08. The van der Waals surface area contributed by atoms with E-state index in [9.17, 15) is 10.2 Å². The molecule has 3 aromatic rings. The van der Waals surface area contributed by atoms with Crippen LogP contribution in [0.25, 0.3) is 11.4 Å². The zero-order valence-corrected chi connectivity index (χ0v) is 15.8. The molecule has 3 heterocycles. The Kier molecular flexibility index (Phi) is 5.16. The van der Waals surface area contributed by atoms with E-state index in [0.717, 1.165) is 42.3 Å². The van der Waals surface area contributed by atoms with Crippen LogP contribution in [0.5, 0.6) is 5.75 Å². The van der Waals surface area contributed by atoms with Crippen molar-refractivity contribution < 1.29 is 10.2 Å². The second-order valence-corrected chi connectivity index (χ2v) is 7.00. The van der Waals surface area contributed by atoms with Gasteiger partial charge in [-0.15, -0.1) is 10.2 Å². The smallest absolute Gasteiger partial charge is 0.163 e. The molecule has 0 spiro atoms. The Bertz CT molecular complexity index is 1010. The molecule has 0 fully saturated rings. The van der Waals surface area contributed by atoms with Crippen molar-refractivity contribution in [1.82, 2.24) is 19.7 Å². The average Bonchev–Trinajstić information content (AvgIpc) is 2.97. The standard InChI is InChI=1S/C21H23N5O2/c1-14-20(28)18(16(13-27)11-22-14)12-23-17-8-6-15(7-9-17)21-25-24-19-5-3-2-4-10-26(19)21/h6-9,11-12,27-28H,2-5,10,13H2,1H3. The predicted octanol–water partition coefficient (Wildman–Crippen LogP) is 3.32. The predicted molar refractivity (Wildman–Crippen MR) is 107 cm³/mol. The van der Waals surface area contributed by atoms with Crippen LogP contribution in [-0.2, 0) is 19.6 Å². The fourth-order valence-corrected chi connectivity index (χ4v) is 3.46. The molecule has 1 aliphatic rings. The number of fused-ring (bicyclic) bond motifs is 1. The first kappa shape index (κ1) is 18.3. The molecule has 0 bridgehead atoms. The van der Waals surface area contributed by atoms with Crippen LogP contribution < -0.4 is 0 Å². The van der Waals surface area contributed by atoms with Crippen molar-refractivity contribution in [3.8, 4) is 17.1 Å². The van der Waals surface area contributed by atoms with Gasteiger partial charge in [0.2, 0.25) is 0 Å². The van der Waals surface area contributed by atoms with E-state index in [0.29, 0.717) is 16.8 Å². The van der Waals surface area contributed by atoms with Gasteiger partial charge in [0.05, 0.1) is 18.0 Å². The Hall–Kier alpha value is -3.06. The number of nitrogens with zero attached hydrogens (tertiary/aromatic N) is 5. The van der Waals surface area contributed by atoms with Crippen LogP contribution in [0.4, 0.5) is 5.69 Å². The van der Waals surface area contributed by atoms with Gasteiger partial charge in [-0.1, -0.05) is 6.42 Å². The van der Waals surface area contributed by atoms with E-state index in [1.165, 1.54) is 12.8 Å². The molecule has 28 heavy (non-hydrogen) atoms. The molecule has 2 N–H and O–H groups in total. The molecule has 2 aromatic heterocycles. The molecule has 0 aliphatic carbocycles. The third kappa shape index (κ3) is 3.53. The summed E-state index contributed by atoms with van der Waals surface area (Å²) < 4.78 is 2.22. The van der Waals surface area contributed by atoms with Gasteiger partial charge in [-0.25, -0.2) is 0 Å². The normalized spacial score (nSPS) is 14.2. The molecular weight excluding hydrogens is 354 g/mol. The number of aliphatic hydroxyl groups is 1. The maximum absolute atomic E-state index is 10.2. The summed E-state index contributed by atoms with van der Waals surface area (Å²) in [6.45, 7) is 2.46. The summed E-state index contributed by atoms with van der Waals surface area (Å²) in [5.41, 5.74) is 3.29. The Balaban J connectivity index is 1.59. The zero-order valence-electron chi connectivity index (χ0n) is 15.8. The minimum Gasteiger partial charge on any atom is -0.505 e. The van der Waals surface area contributed by atoms with Crippen LogP contribution in [0.3, 0.4) is 0 Å². The van der Waals surface area contributed by atoms with Gasteiger partial charge in [0.1, 0.15) is 11.6 Å². The van der Waals surface area contributed by atoms with Crippen LogP contribution in [0.15, 0.2) is 35.5 Å². The monoisotopic (exact) mass is 377 g/mol. The van der Waals surface area contributed by atoms with Crippen molar-refractivity contribution in [3.05, 3.63) is 53.1 Å². The summed E-state index contributed by atoms with van der Waals surface area (Å²) >= 11 is 0. The van der Waals surface area contributed by atoms with Gasteiger partial charge in [-0.05, 0) is 44.0 Å². The molecule has 0 radical (unpaired) electrons. The number of aromatic hydroxyl groups is 1. The summed E-state index contributed by atoms with van der Waals surface area (Å²) in [5.74, 6) is 2.00. The Morgan fingerprint density at radius 2 is 1.96 bits per heavy atom. The quantitative estimate of drug-likeness (QED) is 0.680. The Morgan fingerprint density at radius 3 is 2.75 bits per heavy atom. The number of hydrogen-bond acceptors (Lipinski definition) is 6. The SMILES string of the molecule is Cc1ncc(CO)c(C=Nc2ccc(-c3nnc4n3CCCCC4)cc2)c1O. The number of pyridine rings is 1. The first-order valence-corrected chi connectivity index (χ1v) is 9.52. The van der Waals surface area contributed by atoms with Crippen molar-refractivity contribution >= 4 is 11.9 Å². The number of rotatable bonds is 4. The van der Waals surface area contributed by atoms with Crippen molar-refractivity contribution in [2.24, 2.45) is 4.99 Å². The summed E-state index contributed by atoms with van der Waals surface area (Å²) in [6, 6.07) is 7.79. The second kappa shape index (κ2) is 7.90. The van der Waals surface area contributed by atoms with Gasteiger partial charge in [-0.3, -0.25) is 9.98 Å². The first-order valence-electron chi connectivity index (χ1n) is 9.52. The van der Waals surface area contributed by atoms with Gasteiger partial charge >= 0.3 is 0 Å². The van der Waals surface area contributed by atoms with Crippen molar-refractivity contribution in [2.45, 2.75) is 45.8 Å². The van der Waals surface area contributed by atoms with E-state index in [2.05, 4.69) is 24.7 Å². The highest BCUT2D eigenvalue weighted by Crippen LogP contribution is 2.26. The number of aromatic nitrogens is 4. The Labute approximate surface area is 163 Å². The topological polar surface area (TPSA) is 96.4 Å². The van der Waals surface area contributed by atoms with E-state index in [-0.39, 0.29) is 12.4 Å². The number of benzene rings is 1. The molecule has 1 aromatic carbocycles. The van der Waals surface area contributed by atoms with Crippen LogP contribution in [0.1, 0.15) is 41.9 Å². The van der Waals surface area contributed by atoms with Crippen molar-refractivity contribution in [2.75, 3.05) is 0 Å². The van der Waals surface area contributed by atoms with E-state index in [1.807, 2.05) is 24.3 Å². The van der Waals surface area contributed by atoms with E-state index >= 15 is 0 Å². The van der Waals surface area contributed by atoms with Gasteiger partial charge in [0.25, 0.3) is 0 Å². The molecule has 1 aliphatic heterocycles. The van der Waals surface area contributed by atoms with Crippen LogP contribution in [0, 0.1) is 6.92 Å². The molecule has 0 atom stereocenters. The lowest BCUT2D eigenvalue weighted by atomic mass is 10.1. The van der Waals surface area contributed by atoms with E-state index in [4.69, 9.17) is 0 Å². The number of aliphatic imine (C=N–C) groups is 1. The van der Waals surface area contributed by atoms with Crippen LogP contribution >= 0.6 is 0 Å². The molecule has 144 valence electrons. The highest BCUT2D eigenvalue weighted by Gasteiger charge is 2.16. The molecule has 0 saturated heterocycles. The molecule has 0 amide bonds. The zero-order chi connectivity index (χ0) is 19.5. The van der Waals surface area contributed by atoms with Gasteiger partial charge < -0.3 is 14.8 Å². The fraction of sp³-hybridized carbons (Fsp3) is 0.333. The van der Waals surface area contributed by atoms with Crippen LogP contribution in [0.2, 0.25) is 0 Å². The second-order valence-electron chi connectivity index (χ2n) is 7.00. The van der Waals surface area contributed by atoms with Crippen LogP contribution in [-0.4, -0.2) is 36.2 Å². The highest BCUT2D eigenvalue weighted by molar-refractivity contribution is 5.87. The lowest BCUT2D eigenvalue weighted by Crippen LogP contribution is -2.02. The molecule has 7 nitrogen and oxygen atoms in total. The lowest BCUT2D eigenvalue weighted by molar-refractivity contribution is 0.280. The Morgan fingerprint density at radius 1 is 1.14 bits per heavy atom. The maximum Gasteiger partial charge on any atom is 0.163 e. The maximum atomic E-state index is 10.2. The molecule has 7 heteroatoms. The number of aryl methyl sites for hydroxylation is 2. The van der Waals surface area contributed by atoms with Gasteiger partial charge in [-0.2, -0.15) is 0 Å². The first-order chi connectivity index (χ1) is 13.7. The summed E-state index contributed by atoms with van der Waals surface area (Å²) in [4.78, 5) is 8.51. The fourth-order valence-electron chi connectivity index (χ4n) is 3.46. The van der Waals surface area contributed by atoms with E-state index in [1.54, 1.807) is 19.3 Å².